The number of unbranched alkanes of at least 4 members (excludes halogenated alkanes) is 1. The van der Waals surface area contributed by atoms with E-state index in [9.17, 15) is 41.0 Å². The number of fused-ring (bicyclic) bond motifs is 1. The van der Waals surface area contributed by atoms with Crippen LogP contribution in [-0.2, 0) is 16.0 Å². The maximum absolute atomic E-state index is 13.8. The third-order valence-electron chi connectivity index (χ3n) is 5.07. The highest BCUT2D eigenvalue weighted by molar-refractivity contribution is 6.02. The van der Waals surface area contributed by atoms with E-state index in [1.807, 2.05) is 5.32 Å². The van der Waals surface area contributed by atoms with Crippen molar-refractivity contribution in [2.45, 2.75) is 57.3 Å². The molecule has 1 aromatic carbocycles. The average Bonchev–Trinajstić information content (AvgIpc) is 2.79. The number of nitrogens with two attached hydrogens (primary N) is 1. The van der Waals surface area contributed by atoms with E-state index in [1.165, 1.54) is 6.92 Å². The van der Waals surface area contributed by atoms with Gasteiger partial charge in [-0.1, -0.05) is 6.92 Å². The van der Waals surface area contributed by atoms with Gasteiger partial charge < -0.3 is 25.6 Å². The number of amides is 1. The average molecular weight is 542 g/mol. The van der Waals surface area contributed by atoms with E-state index < -0.39 is 47.9 Å². The van der Waals surface area contributed by atoms with Crippen LogP contribution in [-0.4, -0.2) is 59.4 Å². The molecule has 6 N–H and O–H groups in total. The summed E-state index contributed by atoms with van der Waals surface area (Å²) in [5, 5.41) is 19.9. The zero-order valence-electron chi connectivity index (χ0n) is 19.2. The molecular weight excluding hydrogens is 518 g/mol. The van der Waals surface area contributed by atoms with Gasteiger partial charge in [0, 0.05) is 12.1 Å². The lowest BCUT2D eigenvalue weighted by molar-refractivity contribution is -0.274. The minimum atomic E-state index is -5.11. The number of aryl methyl sites for hydroxylation is 1. The topological polar surface area (TPSA) is 156 Å². The SMILES string of the molecule is CCc1cc(OC(F)(F)F)cc2c1O[C@H](C(F)(F)F)C(C(=O)NC(CCCCN=C(N)NO)C(=O)O)=C2. The molecule has 0 spiro atoms. The molecule has 1 unspecified atom stereocenters. The number of aliphatic imine (C=N–C) groups is 1. The van der Waals surface area contributed by atoms with E-state index in [0.717, 1.165) is 12.1 Å². The number of guanidine groups is 1. The summed E-state index contributed by atoms with van der Waals surface area (Å²) in [6.45, 7) is 1.57. The predicted molar refractivity (Wildman–Crippen MR) is 116 cm³/mol. The lowest BCUT2D eigenvalue weighted by Crippen LogP contribution is -2.47. The molecule has 37 heavy (non-hydrogen) atoms. The molecule has 2 atom stereocenters. The summed E-state index contributed by atoms with van der Waals surface area (Å²) in [6, 6.07) is 0.0595. The first-order valence-electron chi connectivity index (χ1n) is 10.8. The number of nitrogens with one attached hydrogen (secondary N) is 2. The molecule has 0 aliphatic carbocycles. The number of hydrogen-bond acceptors (Lipinski definition) is 6. The molecule has 16 heteroatoms. The number of benzene rings is 1. The van der Waals surface area contributed by atoms with Gasteiger partial charge in [-0.25, -0.2) is 10.3 Å². The van der Waals surface area contributed by atoms with E-state index in [-0.39, 0.29) is 55.1 Å². The first kappa shape index (κ1) is 29.5. The van der Waals surface area contributed by atoms with E-state index in [2.05, 4.69) is 9.73 Å². The zero-order chi connectivity index (χ0) is 28.0. The molecule has 10 nitrogen and oxygen atoms in total. The molecule has 1 amide bonds. The van der Waals surface area contributed by atoms with Crippen LogP contribution in [0, 0.1) is 0 Å². The van der Waals surface area contributed by atoms with Crippen LogP contribution in [0.3, 0.4) is 0 Å². The van der Waals surface area contributed by atoms with Crippen molar-refractivity contribution in [2.24, 2.45) is 10.7 Å². The maximum Gasteiger partial charge on any atom is 0.573 e. The number of carboxylic acid groups (broad SMARTS) is 1. The first-order chi connectivity index (χ1) is 17.2. The zero-order valence-corrected chi connectivity index (χ0v) is 19.2. The Hall–Kier alpha value is -3.69. The number of nitrogens with zero attached hydrogens (tertiary/aromatic N) is 1. The predicted octanol–water partition coefficient (Wildman–Crippen LogP) is 2.89. The summed E-state index contributed by atoms with van der Waals surface area (Å²) in [6.07, 6.45) is -12.0. The molecule has 1 aromatic rings. The number of ether oxygens (including phenoxy) is 2. The minimum absolute atomic E-state index is 0.0114. The van der Waals surface area contributed by atoms with E-state index >= 15 is 0 Å². The van der Waals surface area contributed by atoms with Crippen molar-refractivity contribution in [3.63, 3.8) is 0 Å². The highest BCUT2D eigenvalue weighted by Crippen LogP contribution is 2.42. The third-order valence-corrected chi connectivity index (χ3v) is 5.07. The molecule has 0 radical (unpaired) electrons. The summed E-state index contributed by atoms with van der Waals surface area (Å²) >= 11 is 0. The fraction of sp³-hybridized carbons (Fsp3) is 0.476. The molecule has 0 aromatic heterocycles. The highest BCUT2D eigenvalue weighted by atomic mass is 19.4. The molecular formula is C21H24F6N4O6. The van der Waals surface area contributed by atoms with Crippen molar-refractivity contribution in [3.8, 4) is 11.5 Å². The monoisotopic (exact) mass is 542 g/mol. The van der Waals surface area contributed by atoms with E-state index in [4.69, 9.17) is 15.7 Å². The Balaban J connectivity index is 2.33. The second-order valence-corrected chi connectivity index (χ2v) is 7.78. The number of hydroxylamine groups is 1. The molecule has 0 saturated heterocycles. The standard InChI is InChI=1S/C21H24F6N4O6/c1-2-10-7-12(37-21(25,26)27)8-11-9-13(16(20(22,23)24)36-15(10)11)17(32)30-14(18(33)34)5-3-4-6-29-19(28)31-35/h7-9,14,16,35H,2-6H2,1H3,(H,30,32)(H,33,34)(H3,28,29,31)/t14?,16-/m0/s1. The number of rotatable bonds is 10. The van der Waals surface area contributed by atoms with E-state index in [1.54, 1.807) is 5.48 Å². The number of carboxylic acids is 1. The van der Waals surface area contributed by atoms with Crippen LogP contribution in [0.2, 0.25) is 0 Å². The summed E-state index contributed by atoms with van der Waals surface area (Å²) in [5.74, 6) is -4.32. The van der Waals surface area contributed by atoms with Crippen LogP contribution in [0.25, 0.3) is 6.08 Å². The van der Waals surface area contributed by atoms with Gasteiger partial charge in [0.15, 0.2) is 0 Å². The minimum Gasteiger partial charge on any atom is -0.480 e. The molecule has 1 aliphatic heterocycles. The lowest BCUT2D eigenvalue weighted by Gasteiger charge is -2.30. The number of carbonyl (C=O) groups excluding carboxylic acids is 1. The number of halogens is 6. The van der Waals surface area contributed by atoms with E-state index in [0.29, 0.717) is 6.08 Å². The normalized spacial score (nSPS) is 16.7. The van der Waals surface area contributed by atoms with Gasteiger partial charge in [0.2, 0.25) is 12.1 Å². The molecule has 0 fully saturated rings. The summed E-state index contributed by atoms with van der Waals surface area (Å²) in [7, 11) is 0. The Bertz CT molecular complexity index is 1060. The number of alkyl halides is 6. The third kappa shape index (κ3) is 8.44. The molecule has 0 saturated carbocycles. The fourth-order valence-corrected chi connectivity index (χ4v) is 3.44. The van der Waals surface area contributed by atoms with Crippen LogP contribution in [0.4, 0.5) is 26.3 Å². The maximum atomic E-state index is 13.8. The Kier molecular flexibility index (Phi) is 9.61. The van der Waals surface area contributed by atoms with Gasteiger partial charge in [0.05, 0.1) is 5.57 Å². The number of carbonyl (C=O) groups is 2. The van der Waals surface area contributed by atoms with Gasteiger partial charge in [-0.3, -0.25) is 15.0 Å². The largest absolute Gasteiger partial charge is 0.573 e. The quantitative estimate of drug-likeness (QED) is 0.0994. The second-order valence-electron chi connectivity index (χ2n) is 7.78. The van der Waals surface area contributed by atoms with Crippen molar-refractivity contribution in [2.75, 3.05) is 6.54 Å². The Labute approximate surface area is 206 Å². The van der Waals surface area contributed by atoms with Gasteiger partial charge in [0.25, 0.3) is 5.91 Å². The van der Waals surface area contributed by atoms with Crippen LogP contribution < -0.4 is 26.0 Å². The van der Waals surface area contributed by atoms with Crippen LogP contribution >= 0.6 is 0 Å². The Morgan fingerprint density at radius 1 is 1.22 bits per heavy atom. The van der Waals surface area contributed by atoms with Gasteiger partial charge >= 0.3 is 18.5 Å². The molecule has 2 rings (SSSR count). The summed E-state index contributed by atoms with van der Waals surface area (Å²) in [4.78, 5) is 28.0. The number of hydrogen-bond donors (Lipinski definition) is 5. The smallest absolute Gasteiger partial charge is 0.480 e. The van der Waals surface area contributed by atoms with Crippen molar-refractivity contribution < 1.29 is 55.7 Å². The van der Waals surface area contributed by atoms with Gasteiger partial charge in [0.1, 0.15) is 17.5 Å². The van der Waals surface area contributed by atoms with Gasteiger partial charge in [-0.2, -0.15) is 13.2 Å². The Morgan fingerprint density at radius 3 is 2.43 bits per heavy atom. The summed E-state index contributed by atoms with van der Waals surface area (Å²) in [5.41, 5.74) is 5.47. The summed E-state index contributed by atoms with van der Waals surface area (Å²) < 4.78 is 88.3. The molecule has 206 valence electrons. The van der Waals surface area contributed by atoms with Crippen molar-refractivity contribution in [3.05, 3.63) is 28.8 Å². The van der Waals surface area contributed by atoms with Crippen molar-refractivity contribution in [1.29, 1.82) is 0 Å². The second kappa shape index (κ2) is 12.0. The van der Waals surface area contributed by atoms with Crippen LogP contribution in [0.1, 0.15) is 37.3 Å². The first-order valence-corrected chi connectivity index (χ1v) is 10.8. The van der Waals surface area contributed by atoms with Crippen molar-refractivity contribution in [1.82, 2.24) is 10.8 Å². The number of aliphatic carboxylic acids is 1. The molecule has 1 aliphatic rings. The fourth-order valence-electron chi connectivity index (χ4n) is 3.44. The van der Waals surface area contributed by atoms with Crippen LogP contribution in [0.15, 0.2) is 22.7 Å². The van der Waals surface area contributed by atoms with Gasteiger partial charge in [-0.05, 0) is 49.5 Å². The van der Waals surface area contributed by atoms with Crippen LogP contribution in [0.5, 0.6) is 11.5 Å². The van der Waals surface area contributed by atoms with Gasteiger partial charge in [-0.15, -0.1) is 13.2 Å². The highest BCUT2D eigenvalue weighted by Gasteiger charge is 2.49. The molecule has 1 heterocycles. The molecule has 0 bridgehead atoms. The Morgan fingerprint density at radius 2 is 1.89 bits per heavy atom. The lowest BCUT2D eigenvalue weighted by atomic mass is 9.96. The van der Waals surface area contributed by atoms with Crippen molar-refractivity contribution >= 4 is 23.9 Å².